The number of nitrogens with zero attached hydrogens (tertiary/aromatic N) is 1. The zero-order chi connectivity index (χ0) is 12.7. The molecule has 0 aliphatic carbocycles. The molecule has 0 bridgehead atoms. The van der Waals surface area contributed by atoms with Crippen LogP contribution in [0.2, 0.25) is 0 Å². The normalized spacial score (nSPS) is 12.9. The van der Waals surface area contributed by atoms with Crippen LogP contribution in [0.15, 0.2) is 0 Å². The summed E-state index contributed by atoms with van der Waals surface area (Å²) >= 11 is 0. The molecule has 1 rings (SSSR count). The lowest BCUT2D eigenvalue weighted by atomic mass is 9.88. The molecule has 1 aromatic rings. The number of rotatable bonds is 1. The molecular weight excluding hydrogens is 225 g/mol. The van der Waals surface area contributed by atoms with Crippen LogP contribution in [0.4, 0.5) is 13.2 Å². The van der Waals surface area contributed by atoms with Crippen molar-refractivity contribution in [2.24, 2.45) is 0 Å². The minimum atomic E-state index is -4.75. The number of alkyl halides is 3. The van der Waals surface area contributed by atoms with Crippen LogP contribution >= 0.6 is 0 Å². The molecule has 0 amide bonds. The first-order valence-corrected chi connectivity index (χ1v) is 4.44. The van der Waals surface area contributed by atoms with Gasteiger partial charge in [0, 0.05) is 5.41 Å². The van der Waals surface area contributed by atoms with E-state index in [1.165, 1.54) is 0 Å². The van der Waals surface area contributed by atoms with E-state index in [0.717, 1.165) is 0 Å². The second-order valence-corrected chi connectivity index (χ2v) is 4.38. The van der Waals surface area contributed by atoms with Gasteiger partial charge in [-0.2, -0.15) is 18.3 Å². The first kappa shape index (κ1) is 12.5. The fourth-order valence-corrected chi connectivity index (χ4v) is 1.30. The fourth-order valence-electron chi connectivity index (χ4n) is 1.30. The van der Waals surface area contributed by atoms with Gasteiger partial charge in [0.1, 0.15) is 5.56 Å². The van der Waals surface area contributed by atoms with Crippen LogP contribution in [0.25, 0.3) is 0 Å². The van der Waals surface area contributed by atoms with Gasteiger partial charge in [0.15, 0.2) is 5.69 Å². The standard InChI is InChI=1S/C9H11F3N2O2/c1-8(2,3)5-4(7(15)16)6(14-13-5)9(10,11)12/h1-3H3,(H,13,14)(H,15,16). The van der Waals surface area contributed by atoms with E-state index in [9.17, 15) is 18.0 Å². The summed E-state index contributed by atoms with van der Waals surface area (Å²) < 4.78 is 37.4. The molecule has 0 aromatic carbocycles. The SMILES string of the molecule is CC(C)(C)c1n[nH]c(C(F)(F)F)c1C(=O)O. The van der Waals surface area contributed by atoms with Crippen molar-refractivity contribution in [3.8, 4) is 0 Å². The lowest BCUT2D eigenvalue weighted by molar-refractivity contribution is -0.141. The number of nitrogens with one attached hydrogen (secondary N) is 1. The molecule has 0 fully saturated rings. The number of aromatic carboxylic acids is 1. The van der Waals surface area contributed by atoms with Crippen molar-refractivity contribution >= 4 is 5.97 Å². The molecule has 0 aliphatic rings. The number of aromatic nitrogens is 2. The molecule has 1 aromatic heterocycles. The van der Waals surface area contributed by atoms with E-state index < -0.39 is 28.8 Å². The van der Waals surface area contributed by atoms with Gasteiger partial charge in [-0.1, -0.05) is 20.8 Å². The van der Waals surface area contributed by atoms with E-state index in [-0.39, 0.29) is 5.69 Å². The molecule has 2 N–H and O–H groups in total. The average Bonchev–Trinajstić information content (AvgIpc) is 2.43. The van der Waals surface area contributed by atoms with Crippen molar-refractivity contribution in [3.05, 3.63) is 17.0 Å². The van der Waals surface area contributed by atoms with Crippen molar-refractivity contribution in [3.63, 3.8) is 0 Å². The Kier molecular flexibility index (Phi) is 2.74. The minimum Gasteiger partial charge on any atom is -0.478 e. The van der Waals surface area contributed by atoms with Crippen LogP contribution in [0, 0.1) is 0 Å². The Morgan fingerprint density at radius 3 is 2.12 bits per heavy atom. The largest absolute Gasteiger partial charge is 0.478 e. The van der Waals surface area contributed by atoms with Crippen LogP contribution in [-0.4, -0.2) is 21.3 Å². The Morgan fingerprint density at radius 1 is 1.31 bits per heavy atom. The Bertz CT molecular complexity index is 384. The topological polar surface area (TPSA) is 66.0 Å². The van der Waals surface area contributed by atoms with E-state index >= 15 is 0 Å². The number of carboxylic acid groups (broad SMARTS) is 1. The Balaban J connectivity index is 3.47. The highest BCUT2D eigenvalue weighted by Gasteiger charge is 2.41. The summed E-state index contributed by atoms with van der Waals surface area (Å²) in [5, 5.41) is 14.0. The molecular formula is C9H11F3N2O2. The van der Waals surface area contributed by atoms with Gasteiger partial charge in [0.25, 0.3) is 0 Å². The predicted octanol–water partition coefficient (Wildman–Crippen LogP) is 2.42. The Hall–Kier alpha value is -1.53. The summed E-state index contributed by atoms with van der Waals surface area (Å²) in [5.41, 5.74) is -2.99. The molecule has 7 heteroatoms. The number of hydrogen-bond donors (Lipinski definition) is 2. The van der Waals surface area contributed by atoms with Crippen molar-refractivity contribution in [2.75, 3.05) is 0 Å². The summed E-state index contributed by atoms with van der Waals surface area (Å²) in [6.07, 6.45) is -4.75. The average molecular weight is 236 g/mol. The fraction of sp³-hybridized carbons (Fsp3) is 0.556. The maximum Gasteiger partial charge on any atom is 0.433 e. The molecule has 0 unspecified atom stereocenters. The Labute approximate surface area is 89.5 Å². The monoisotopic (exact) mass is 236 g/mol. The van der Waals surface area contributed by atoms with Gasteiger partial charge >= 0.3 is 12.1 Å². The first-order valence-electron chi connectivity index (χ1n) is 4.44. The smallest absolute Gasteiger partial charge is 0.433 e. The Morgan fingerprint density at radius 2 is 1.81 bits per heavy atom. The number of carbonyl (C=O) groups is 1. The minimum absolute atomic E-state index is 0.104. The van der Waals surface area contributed by atoms with Crippen LogP contribution in [0.1, 0.15) is 42.5 Å². The number of carboxylic acids is 1. The molecule has 0 aliphatic heterocycles. The van der Waals surface area contributed by atoms with Crippen LogP contribution in [0.5, 0.6) is 0 Å². The molecule has 1 heterocycles. The van der Waals surface area contributed by atoms with Crippen LogP contribution < -0.4 is 0 Å². The molecule has 0 saturated carbocycles. The van der Waals surface area contributed by atoms with Crippen molar-refractivity contribution < 1.29 is 23.1 Å². The van der Waals surface area contributed by atoms with Gasteiger partial charge in [0.05, 0.1) is 5.69 Å². The van der Waals surface area contributed by atoms with E-state index in [2.05, 4.69) is 5.10 Å². The predicted molar refractivity (Wildman–Crippen MR) is 49.2 cm³/mol. The van der Waals surface area contributed by atoms with Gasteiger partial charge in [-0.25, -0.2) is 4.79 Å². The molecule has 90 valence electrons. The zero-order valence-corrected chi connectivity index (χ0v) is 8.94. The third-order valence-electron chi connectivity index (χ3n) is 1.97. The highest BCUT2D eigenvalue weighted by Crippen LogP contribution is 2.35. The van der Waals surface area contributed by atoms with Crippen molar-refractivity contribution in [1.29, 1.82) is 0 Å². The summed E-state index contributed by atoms with van der Waals surface area (Å²) in [6, 6.07) is 0. The van der Waals surface area contributed by atoms with Gasteiger partial charge in [0.2, 0.25) is 0 Å². The van der Waals surface area contributed by atoms with E-state index in [4.69, 9.17) is 5.11 Å². The molecule has 0 spiro atoms. The summed E-state index contributed by atoms with van der Waals surface area (Å²) in [6.45, 7) is 4.78. The highest BCUT2D eigenvalue weighted by atomic mass is 19.4. The number of H-pyrrole nitrogens is 1. The number of aromatic amines is 1. The summed E-state index contributed by atoms with van der Waals surface area (Å²) in [5.74, 6) is -1.63. The van der Waals surface area contributed by atoms with Gasteiger partial charge in [-0.15, -0.1) is 0 Å². The van der Waals surface area contributed by atoms with Crippen LogP contribution in [0.3, 0.4) is 0 Å². The lowest BCUT2D eigenvalue weighted by Crippen LogP contribution is -2.19. The third kappa shape index (κ3) is 2.17. The van der Waals surface area contributed by atoms with Gasteiger partial charge < -0.3 is 5.11 Å². The van der Waals surface area contributed by atoms with Crippen LogP contribution in [-0.2, 0) is 11.6 Å². The summed E-state index contributed by atoms with van der Waals surface area (Å²) in [7, 11) is 0. The summed E-state index contributed by atoms with van der Waals surface area (Å²) in [4.78, 5) is 10.8. The van der Waals surface area contributed by atoms with Crippen molar-refractivity contribution in [2.45, 2.75) is 32.4 Å². The van der Waals surface area contributed by atoms with Crippen molar-refractivity contribution in [1.82, 2.24) is 10.2 Å². The second-order valence-electron chi connectivity index (χ2n) is 4.38. The molecule has 4 nitrogen and oxygen atoms in total. The second kappa shape index (κ2) is 3.50. The maximum absolute atomic E-state index is 12.5. The maximum atomic E-state index is 12.5. The molecule has 0 saturated heterocycles. The molecule has 0 atom stereocenters. The van der Waals surface area contributed by atoms with E-state index in [0.29, 0.717) is 0 Å². The van der Waals surface area contributed by atoms with Gasteiger partial charge in [-0.3, -0.25) is 5.10 Å². The van der Waals surface area contributed by atoms with E-state index in [1.807, 2.05) is 0 Å². The zero-order valence-electron chi connectivity index (χ0n) is 8.94. The first-order chi connectivity index (χ1) is 7.05. The lowest BCUT2D eigenvalue weighted by Gasteiger charge is -2.16. The number of halogens is 3. The van der Waals surface area contributed by atoms with Gasteiger partial charge in [-0.05, 0) is 0 Å². The third-order valence-corrected chi connectivity index (χ3v) is 1.97. The number of hydrogen-bond acceptors (Lipinski definition) is 2. The van der Waals surface area contributed by atoms with E-state index in [1.54, 1.807) is 25.9 Å². The quantitative estimate of drug-likeness (QED) is 0.786. The highest BCUT2D eigenvalue weighted by molar-refractivity contribution is 5.90. The molecule has 0 radical (unpaired) electrons. The molecule has 16 heavy (non-hydrogen) atoms.